The lowest BCUT2D eigenvalue weighted by Crippen LogP contribution is -2.05. The molecule has 0 radical (unpaired) electrons. The molecule has 0 N–H and O–H groups in total. The topological polar surface area (TPSA) is 78.9 Å². The Morgan fingerprint density at radius 3 is 1.32 bits per heavy atom. The van der Waals surface area contributed by atoms with Crippen LogP contribution in [0.15, 0.2) is 75.8 Å². The van der Waals surface area contributed by atoms with E-state index in [2.05, 4.69) is 47.1 Å². The molecule has 0 amide bonds. The Balaban J connectivity index is 0. The zero-order valence-electron chi connectivity index (χ0n) is 16.1. The molecule has 0 spiro atoms. The van der Waals surface area contributed by atoms with Gasteiger partial charge in [0.25, 0.3) is 0 Å². The van der Waals surface area contributed by atoms with Crippen molar-refractivity contribution in [2.45, 2.75) is 12.8 Å². The van der Waals surface area contributed by atoms with Crippen molar-refractivity contribution in [2.75, 3.05) is 7.11 Å². The number of esters is 3. The van der Waals surface area contributed by atoms with Crippen LogP contribution >= 0.6 is 0 Å². The van der Waals surface area contributed by atoms with E-state index in [0.29, 0.717) is 0 Å². The molecule has 0 bridgehead atoms. The van der Waals surface area contributed by atoms with Crippen molar-refractivity contribution in [3.63, 3.8) is 0 Å². The lowest BCUT2D eigenvalue weighted by Gasteiger charge is -1.97. The van der Waals surface area contributed by atoms with Crippen LogP contribution in [0.4, 0.5) is 0 Å². The second kappa shape index (κ2) is 18.1. The Morgan fingerprint density at radius 1 is 0.786 bits per heavy atom. The molecule has 0 heterocycles. The van der Waals surface area contributed by atoms with Gasteiger partial charge in [0, 0.05) is 6.08 Å². The van der Waals surface area contributed by atoms with Gasteiger partial charge in [0.1, 0.15) is 0 Å². The van der Waals surface area contributed by atoms with Crippen LogP contribution in [0, 0.1) is 0 Å². The summed E-state index contributed by atoms with van der Waals surface area (Å²) in [5, 5.41) is 0. The fraction of sp³-hybridized carbons (Fsp3) is 0.136. The average Bonchev–Trinajstić information content (AvgIpc) is 2.73. The van der Waals surface area contributed by atoms with E-state index in [1.165, 1.54) is 7.11 Å². The smallest absolute Gasteiger partial charge is 0.329 e. The summed E-state index contributed by atoms with van der Waals surface area (Å²) in [6, 6.07) is 8.07. The molecule has 0 aromatic heterocycles. The largest absolute Gasteiger partial charge is 0.466 e. The highest BCUT2D eigenvalue weighted by molar-refractivity contribution is 5.81. The highest BCUT2D eigenvalue weighted by atomic mass is 16.5. The zero-order chi connectivity index (χ0) is 21.8. The molecular formula is C22H26O6. The Labute approximate surface area is 166 Å². The molecule has 0 saturated carbocycles. The number of benzene rings is 1. The molecule has 0 aliphatic carbocycles. The van der Waals surface area contributed by atoms with Crippen LogP contribution in [-0.2, 0) is 28.6 Å². The van der Waals surface area contributed by atoms with E-state index in [9.17, 15) is 14.4 Å². The van der Waals surface area contributed by atoms with Crippen molar-refractivity contribution in [2.24, 2.45) is 0 Å². The molecule has 0 saturated heterocycles. The maximum Gasteiger partial charge on any atom is 0.329 e. The third-order valence-corrected chi connectivity index (χ3v) is 2.74. The van der Waals surface area contributed by atoms with Gasteiger partial charge in [0.2, 0.25) is 0 Å². The van der Waals surface area contributed by atoms with Crippen LogP contribution in [0.3, 0.4) is 0 Å². The van der Waals surface area contributed by atoms with E-state index in [-0.39, 0.29) is 12.8 Å². The summed E-state index contributed by atoms with van der Waals surface area (Å²) >= 11 is 0. The standard InChI is InChI=1S/C10H10.C8H10O4.C4H6O2/c1-3-9-5-7-10(4-2)8-6-9;1-3-11-7(9)5-6-8(10)12-4-2;1-3-4(5)6-2/h3-8H,1-2H2;3-4H,1-2,5-6H2;3H,1H2,2H3. The second-order valence-electron chi connectivity index (χ2n) is 4.62. The van der Waals surface area contributed by atoms with Gasteiger partial charge in [-0.2, -0.15) is 0 Å². The Morgan fingerprint density at radius 2 is 1.14 bits per heavy atom. The number of rotatable bonds is 8. The molecule has 0 atom stereocenters. The SMILES string of the molecule is C=CC(=O)OC.C=COC(=O)CCC(=O)OC=C.C=Cc1ccc(C=C)cc1. The first-order chi connectivity index (χ1) is 13.4. The molecular weight excluding hydrogens is 360 g/mol. The van der Waals surface area contributed by atoms with Crippen molar-refractivity contribution < 1.29 is 28.6 Å². The van der Waals surface area contributed by atoms with Gasteiger partial charge in [-0.05, 0) is 11.1 Å². The summed E-state index contributed by atoms with van der Waals surface area (Å²) in [7, 11) is 1.31. The number of ether oxygens (including phenoxy) is 3. The van der Waals surface area contributed by atoms with Crippen molar-refractivity contribution in [3.8, 4) is 0 Å². The van der Waals surface area contributed by atoms with E-state index >= 15 is 0 Å². The fourth-order valence-corrected chi connectivity index (χ4v) is 1.36. The van der Waals surface area contributed by atoms with Crippen LogP contribution in [0.25, 0.3) is 12.2 Å². The Kier molecular flexibility index (Phi) is 17.2. The average molecular weight is 386 g/mol. The first-order valence-corrected chi connectivity index (χ1v) is 8.04. The van der Waals surface area contributed by atoms with Gasteiger partial charge in [-0.25, -0.2) is 4.79 Å². The van der Waals surface area contributed by atoms with Gasteiger partial charge in [0.05, 0.1) is 32.5 Å². The summed E-state index contributed by atoms with van der Waals surface area (Å²) in [5.74, 6) is -1.41. The summed E-state index contributed by atoms with van der Waals surface area (Å²) < 4.78 is 12.9. The molecule has 0 fully saturated rings. The van der Waals surface area contributed by atoms with Crippen molar-refractivity contribution in [1.29, 1.82) is 0 Å². The maximum absolute atomic E-state index is 10.6. The number of carbonyl (C=O) groups is 3. The minimum atomic E-state index is -0.508. The molecule has 6 nitrogen and oxygen atoms in total. The zero-order valence-corrected chi connectivity index (χ0v) is 16.1. The number of hydrogen-bond acceptors (Lipinski definition) is 6. The highest BCUT2D eigenvalue weighted by Crippen LogP contribution is 2.05. The third-order valence-electron chi connectivity index (χ3n) is 2.74. The maximum atomic E-state index is 10.6. The normalized spacial score (nSPS) is 8.18. The van der Waals surface area contributed by atoms with Gasteiger partial charge in [-0.1, -0.05) is 69.3 Å². The molecule has 6 heteroatoms. The van der Waals surface area contributed by atoms with E-state index < -0.39 is 17.9 Å². The quantitative estimate of drug-likeness (QED) is 0.284. The lowest BCUT2D eigenvalue weighted by atomic mass is 10.1. The Hall–Kier alpha value is -3.67. The summed E-state index contributed by atoms with van der Waals surface area (Å²) in [5.41, 5.74) is 2.29. The predicted octanol–water partition coefficient (Wildman–Crippen LogP) is 4.46. The molecule has 0 aliphatic heterocycles. The van der Waals surface area contributed by atoms with Crippen LogP contribution in [0.5, 0.6) is 0 Å². The number of hydrogen-bond donors (Lipinski definition) is 0. The van der Waals surface area contributed by atoms with Gasteiger partial charge in [-0.3, -0.25) is 9.59 Å². The van der Waals surface area contributed by atoms with Crippen LogP contribution in [0.1, 0.15) is 24.0 Å². The number of methoxy groups -OCH3 is 1. The molecule has 1 aromatic rings. The molecule has 150 valence electrons. The van der Waals surface area contributed by atoms with Crippen molar-refractivity contribution in [3.05, 3.63) is 86.9 Å². The summed E-state index contributed by atoms with van der Waals surface area (Å²) in [6.07, 6.45) is 6.76. The summed E-state index contributed by atoms with van der Waals surface area (Å²) in [4.78, 5) is 31.1. The van der Waals surface area contributed by atoms with Crippen molar-refractivity contribution >= 4 is 30.1 Å². The Bertz CT molecular complexity index is 622. The molecule has 28 heavy (non-hydrogen) atoms. The fourth-order valence-electron chi connectivity index (χ4n) is 1.36. The van der Waals surface area contributed by atoms with Crippen LogP contribution in [0.2, 0.25) is 0 Å². The predicted molar refractivity (Wildman–Crippen MR) is 111 cm³/mol. The second-order valence-corrected chi connectivity index (χ2v) is 4.62. The summed E-state index contributed by atoms with van der Waals surface area (Å²) in [6.45, 7) is 16.9. The van der Waals surface area contributed by atoms with Gasteiger partial charge in [0.15, 0.2) is 0 Å². The third kappa shape index (κ3) is 15.8. The van der Waals surface area contributed by atoms with E-state index in [1.54, 1.807) is 0 Å². The highest BCUT2D eigenvalue weighted by Gasteiger charge is 2.06. The minimum absolute atomic E-state index is 0.0152. The monoisotopic (exact) mass is 386 g/mol. The van der Waals surface area contributed by atoms with Gasteiger partial charge >= 0.3 is 17.9 Å². The first kappa shape index (κ1) is 26.6. The molecule has 0 aliphatic rings. The molecule has 1 aromatic carbocycles. The molecule has 1 rings (SSSR count). The number of carbonyl (C=O) groups excluding carboxylic acids is 3. The lowest BCUT2D eigenvalue weighted by molar-refractivity contribution is -0.144. The van der Waals surface area contributed by atoms with Crippen LogP contribution < -0.4 is 0 Å². The van der Waals surface area contributed by atoms with Crippen molar-refractivity contribution in [1.82, 2.24) is 0 Å². The van der Waals surface area contributed by atoms with E-state index in [4.69, 9.17) is 0 Å². The van der Waals surface area contributed by atoms with E-state index in [1.807, 2.05) is 36.4 Å². The van der Waals surface area contributed by atoms with Gasteiger partial charge in [-0.15, -0.1) is 0 Å². The van der Waals surface area contributed by atoms with Gasteiger partial charge < -0.3 is 14.2 Å². The minimum Gasteiger partial charge on any atom is -0.466 e. The first-order valence-electron chi connectivity index (χ1n) is 8.04. The van der Waals surface area contributed by atoms with E-state index in [0.717, 1.165) is 29.7 Å². The molecule has 0 unspecified atom stereocenters. The van der Waals surface area contributed by atoms with Crippen LogP contribution in [-0.4, -0.2) is 25.0 Å².